The van der Waals surface area contributed by atoms with Gasteiger partial charge in [0.05, 0.1) is 25.3 Å². The molecule has 2 rings (SSSR count). The van der Waals surface area contributed by atoms with Crippen LogP contribution in [-0.4, -0.2) is 79.6 Å². The summed E-state index contributed by atoms with van der Waals surface area (Å²) in [4.78, 5) is 66.1. The second-order valence-corrected chi connectivity index (χ2v) is 7.59. The Hall–Kier alpha value is -4.46. The fraction of sp³-hybridized carbons (Fsp3) is 0.333. The van der Waals surface area contributed by atoms with Gasteiger partial charge in [-0.2, -0.15) is 0 Å². The lowest BCUT2D eigenvalue weighted by molar-refractivity contribution is -0.147. The third kappa shape index (κ3) is 9.13. The molecule has 0 bridgehead atoms. The fourth-order valence-corrected chi connectivity index (χ4v) is 2.99. The van der Waals surface area contributed by atoms with Crippen molar-refractivity contribution in [3.8, 4) is 5.75 Å². The molecule has 1 heterocycles. The van der Waals surface area contributed by atoms with Gasteiger partial charge in [-0.15, -0.1) is 0 Å². The number of phenols is 1. The lowest BCUT2D eigenvalue weighted by Crippen LogP contribution is -2.54. The average Bonchev–Trinajstić information content (AvgIpc) is 3.30. The van der Waals surface area contributed by atoms with Gasteiger partial charge >= 0.3 is 11.9 Å². The topological polar surface area (TPSA) is 237 Å². The summed E-state index contributed by atoms with van der Waals surface area (Å²) in [7, 11) is 0. The number of nitrogens with two attached hydrogens (primary N) is 1. The number of imidazole rings is 1. The molecule has 0 saturated carbocycles. The van der Waals surface area contributed by atoms with Crippen molar-refractivity contribution in [1.29, 1.82) is 0 Å². The Bertz CT molecular complexity index is 1040. The quantitative estimate of drug-likeness (QED) is 0.152. The molecule has 2 aromatic rings. The number of carboxylic acid groups (broad SMARTS) is 2. The van der Waals surface area contributed by atoms with Gasteiger partial charge in [-0.1, -0.05) is 12.1 Å². The largest absolute Gasteiger partial charge is 0.508 e. The summed E-state index contributed by atoms with van der Waals surface area (Å²) in [6.45, 7) is -0.521. The summed E-state index contributed by atoms with van der Waals surface area (Å²) in [5.74, 6) is -5.36. The number of benzene rings is 1. The molecule has 0 aliphatic carbocycles. The van der Waals surface area contributed by atoms with Crippen molar-refractivity contribution < 1.29 is 39.3 Å². The van der Waals surface area contributed by atoms with E-state index in [1.165, 1.54) is 36.8 Å². The number of hydrogen-bond donors (Lipinski definition) is 8. The zero-order chi connectivity index (χ0) is 26.0. The Balaban J connectivity index is 2.03. The highest BCUT2D eigenvalue weighted by Crippen LogP contribution is 2.12. The molecule has 188 valence electrons. The Morgan fingerprint density at radius 2 is 1.66 bits per heavy atom. The van der Waals surface area contributed by atoms with E-state index in [0.717, 1.165) is 0 Å². The predicted molar refractivity (Wildman–Crippen MR) is 119 cm³/mol. The average molecular weight is 490 g/mol. The maximum atomic E-state index is 12.7. The third-order valence-electron chi connectivity index (χ3n) is 4.78. The van der Waals surface area contributed by atoms with Gasteiger partial charge in [-0.3, -0.25) is 19.2 Å². The molecule has 0 radical (unpaired) electrons. The van der Waals surface area contributed by atoms with Crippen LogP contribution in [0.15, 0.2) is 36.8 Å². The molecule has 9 N–H and O–H groups in total. The summed E-state index contributed by atoms with van der Waals surface area (Å²) in [6.07, 6.45) is 2.11. The summed E-state index contributed by atoms with van der Waals surface area (Å²) >= 11 is 0. The molecule has 1 aromatic carbocycles. The number of hydrogen-bond acceptors (Lipinski definition) is 8. The van der Waals surface area contributed by atoms with Gasteiger partial charge < -0.3 is 42.0 Å². The minimum atomic E-state index is -1.72. The van der Waals surface area contributed by atoms with Gasteiger partial charge in [0.15, 0.2) is 0 Å². The Morgan fingerprint density at radius 1 is 0.971 bits per heavy atom. The van der Waals surface area contributed by atoms with E-state index in [4.69, 9.17) is 10.8 Å². The van der Waals surface area contributed by atoms with Crippen LogP contribution in [0.25, 0.3) is 0 Å². The lowest BCUT2D eigenvalue weighted by atomic mass is 10.0. The van der Waals surface area contributed by atoms with Gasteiger partial charge in [-0.05, 0) is 17.7 Å². The standard InChI is InChI=1S/C21H26N6O8/c22-14(6-12-8-23-10-25-12)19(32)24-9-17(29)26-15(5-11-1-3-13(28)4-2-11)20(33)27-16(21(34)35)7-18(30)31/h1-4,8,10,14-16,28H,5-7,9,22H2,(H,23,25)(H,24,32)(H,26,29)(H,27,33)(H,30,31)(H,34,35). The van der Waals surface area contributed by atoms with E-state index < -0.39 is 60.8 Å². The molecule has 14 heteroatoms. The predicted octanol–water partition coefficient (Wildman–Crippen LogP) is -2.13. The summed E-state index contributed by atoms with van der Waals surface area (Å²) in [5.41, 5.74) is 6.94. The van der Waals surface area contributed by atoms with E-state index in [2.05, 4.69) is 25.9 Å². The van der Waals surface area contributed by atoms with Gasteiger partial charge in [0.2, 0.25) is 17.7 Å². The maximum Gasteiger partial charge on any atom is 0.326 e. The zero-order valence-electron chi connectivity index (χ0n) is 18.4. The van der Waals surface area contributed by atoms with Crippen molar-refractivity contribution in [3.63, 3.8) is 0 Å². The minimum Gasteiger partial charge on any atom is -0.508 e. The molecule has 14 nitrogen and oxygen atoms in total. The van der Waals surface area contributed by atoms with Crippen LogP contribution >= 0.6 is 0 Å². The number of nitrogens with zero attached hydrogens (tertiary/aromatic N) is 1. The van der Waals surface area contributed by atoms with E-state index in [-0.39, 0.29) is 18.6 Å². The lowest BCUT2D eigenvalue weighted by Gasteiger charge is -2.21. The molecule has 35 heavy (non-hydrogen) atoms. The number of carbonyl (C=O) groups is 5. The molecule has 0 aliphatic rings. The molecular weight excluding hydrogens is 464 g/mol. The summed E-state index contributed by atoms with van der Waals surface area (Å²) in [6, 6.07) is 1.70. The zero-order valence-corrected chi connectivity index (χ0v) is 18.4. The first kappa shape index (κ1) is 26.8. The second kappa shape index (κ2) is 12.7. The number of H-pyrrole nitrogens is 1. The molecule has 3 amide bonds. The number of nitrogens with one attached hydrogen (secondary N) is 4. The van der Waals surface area contributed by atoms with Crippen molar-refractivity contribution in [2.45, 2.75) is 37.4 Å². The molecule has 0 aliphatic heterocycles. The minimum absolute atomic E-state index is 0.0274. The SMILES string of the molecule is NC(Cc1cnc[nH]1)C(=O)NCC(=O)NC(Cc1ccc(O)cc1)C(=O)NC(CC(=O)O)C(=O)O. The van der Waals surface area contributed by atoms with Gasteiger partial charge in [0, 0.05) is 24.7 Å². The molecule has 0 fully saturated rings. The van der Waals surface area contributed by atoms with E-state index in [0.29, 0.717) is 11.3 Å². The number of rotatable bonds is 13. The molecule has 1 aromatic heterocycles. The number of aromatic amines is 1. The van der Waals surface area contributed by atoms with Crippen LogP contribution in [0.5, 0.6) is 5.75 Å². The monoisotopic (exact) mass is 490 g/mol. The number of amides is 3. The number of phenolic OH excluding ortho intramolecular Hbond substituents is 1. The number of aromatic nitrogens is 2. The van der Waals surface area contributed by atoms with E-state index >= 15 is 0 Å². The van der Waals surface area contributed by atoms with Crippen molar-refractivity contribution in [3.05, 3.63) is 48.0 Å². The van der Waals surface area contributed by atoms with Crippen molar-refractivity contribution in [2.24, 2.45) is 5.73 Å². The first-order chi connectivity index (χ1) is 16.5. The Morgan fingerprint density at radius 3 is 2.23 bits per heavy atom. The van der Waals surface area contributed by atoms with Gasteiger partial charge in [0.1, 0.15) is 17.8 Å². The van der Waals surface area contributed by atoms with Gasteiger partial charge in [0.25, 0.3) is 0 Å². The highest BCUT2D eigenvalue weighted by molar-refractivity contribution is 5.93. The molecule has 3 atom stereocenters. The van der Waals surface area contributed by atoms with Crippen molar-refractivity contribution in [2.75, 3.05) is 6.54 Å². The molecule has 0 spiro atoms. The van der Waals surface area contributed by atoms with Gasteiger partial charge in [-0.25, -0.2) is 9.78 Å². The van der Waals surface area contributed by atoms with Crippen LogP contribution in [0.2, 0.25) is 0 Å². The maximum absolute atomic E-state index is 12.7. The Labute approximate surface area is 198 Å². The van der Waals surface area contributed by atoms with Crippen LogP contribution in [0.4, 0.5) is 0 Å². The molecular formula is C21H26N6O8. The van der Waals surface area contributed by atoms with E-state index in [1.807, 2.05) is 0 Å². The highest BCUT2D eigenvalue weighted by atomic mass is 16.4. The number of carboxylic acids is 2. The number of aromatic hydroxyl groups is 1. The third-order valence-corrected chi connectivity index (χ3v) is 4.78. The molecule has 0 saturated heterocycles. The van der Waals surface area contributed by atoms with Crippen LogP contribution in [-0.2, 0) is 36.8 Å². The van der Waals surface area contributed by atoms with Crippen molar-refractivity contribution >= 4 is 29.7 Å². The molecule has 3 unspecified atom stereocenters. The number of carbonyl (C=O) groups excluding carboxylic acids is 3. The number of aliphatic carboxylic acids is 2. The second-order valence-electron chi connectivity index (χ2n) is 7.59. The van der Waals surface area contributed by atoms with Crippen LogP contribution in [0, 0.1) is 0 Å². The normalized spacial score (nSPS) is 13.2. The Kier molecular flexibility index (Phi) is 9.71. The fourth-order valence-electron chi connectivity index (χ4n) is 2.99. The van der Waals surface area contributed by atoms with Crippen LogP contribution in [0.3, 0.4) is 0 Å². The van der Waals surface area contributed by atoms with E-state index in [1.54, 1.807) is 0 Å². The first-order valence-electron chi connectivity index (χ1n) is 10.4. The highest BCUT2D eigenvalue weighted by Gasteiger charge is 2.28. The van der Waals surface area contributed by atoms with Crippen molar-refractivity contribution in [1.82, 2.24) is 25.9 Å². The first-order valence-corrected chi connectivity index (χ1v) is 10.4. The van der Waals surface area contributed by atoms with Crippen LogP contribution < -0.4 is 21.7 Å². The summed E-state index contributed by atoms with van der Waals surface area (Å²) in [5, 5.41) is 34.3. The smallest absolute Gasteiger partial charge is 0.326 e. The van der Waals surface area contributed by atoms with Crippen LogP contribution in [0.1, 0.15) is 17.7 Å². The summed E-state index contributed by atoms with van der Waals surface area (Å²) < 4.78 is 0. The van der Waals surface area contributed by atoms with E-state index in [9.17, 15) is 34.2 Å².